The summed E-state index contributed by atoms with van der Waals surface area (Å²) in [5.74, 6) is 0. The Balaban J connectivity index is 2.74. The molecule has 2 heterocycles. The van der Waals surface area contributed by atoms with Gasteiger partial charge >= 0.3 is 0 Å². The molecule has 2 rings (SSSR count). The molecule has 0 atom stereocenters. The summed E-state index contributed by atoms with van der Waals surface area (Å²) < 4.78 is 52.8. The summed E-state index contributed by atoms with van der Waals surface area (Å²) in [7, 11) is -2.61. The van der Waals surface area contributed by atoms with Gasteiger partial charge in [0.15, 0.2) is 0 Å². The molecule has 0 saturated carbocycles. The highest BCUT2D eigenvalue weighted by Crippen LogP contribution is 2.27. The van der Waals surface area contributed by atoms with Crippen molar-refractivity contribution in [2.75, 3.05) is 0 Å². The fourth-order valence-corrected chi connectivity index (χ4v) is 3.79. The minimum atomic E-state index is -4.19. The standard InChI is InChI=1S/C11H14F2N4O2S/c1-6-5-9(11(12)13)17(14-6)20(18,19)10-7(2)15-16(4)8(10)3/h5,11H,1-4H3. The second kappa shape index (κ2) is 4.65. The van der Waals surface area contributed by atoms with Crippen LogP contribution in [0, 0.1) is 20.8 Å². The number of nitrogens with zero attached hydrogens (tertiary/aromatic N) is 4. The number of hydrogen-bond donors (Lipinski definition) is 0. The SMILES string of the molecule is Cc1cc(C(F)F)n(S(=O)(=O)c2c(C)nn(C)c2C)n1. The average molecular weight is 304 g/mol. The van der Waals surface area contributed by atoms with Crippen LogP contribution in [0.15, 0.2) is 11.0 Å². The van der Waals surface area contributed by atoms with Gasteiger partial charge in [0.1, 0.15) is 10.6 Å². The number of halogens is 2. The van der Waals surface area contributed by atoms with Gasteiger partial charge in [-0.3, -0.25) is 4.68 Å². The van der Waals surface area contributed by atoms with E-state index < -0.39 is 22.1 Å². The van der Waals surface area contributed by atoms with Crippen LogP contribution < -0.4 is 0 Å². The van der Waals surface area contributed by atoms with Crippen LogP contribution in [0.4, 0.5) is 8.78 Å². The zero-order valence-corrected chi connectivity index (χ0v) is 12.2. The zero-order chi connectivity index (χ0) is 15.2. The number of aromatic nitrogens is 4. The van der Waals surface area contributed by atoms with Crippen molar-refractivity contribution in [3.8, 4) is 0 Å². The molecule has 0 saturated heterocycles. The van der Waals surface area contributed by atoms with Gasteiger partial charge in [-0.1, -0.05) is 0 Å². The maximum atomic E-state index is 12.9. The molecule has 110 valence electrons. The van der Waals surface area contributed by atoms with Crippen LogP contribution in [-0.4, -0.2) is 27.4 Å². The molecule has 0 amide bonds. The van der Waals surface area contributed by atoms with Crippen molar-refractivity contribution in [1.82, 2.24) is 19.0 Å². The smallest absolute Gasteiger partial charge is 0.271 e. The van der Waals surface area contributed by atoms with E-state index in [1.807, 2.05) is 0 Å². The van der Waals surface area contributed by atoms with E-state index in [0.717, 1.165) is 6.07 Å². The normalized spacial score (nSPS) is 12.3. The van der Waals surface area contributed by atoms with Gasteiger partial charge in [0.05, 0.1) is 17.1 Å². The molecule has 0 unspecified atom stereocenters. The van der Waals surface area contributed by atoms with Crippen LogP contribution in [0.25, 0.3) is 0 Å². The van der Waals surface area contributed by atoms with Crippen molar-refractivity contribution in [3.63, 3.8) is 0 Å². The highest BCUT2D eigenvalue weighted by Gasteiger charge is 2.31. The third-order valence-corrected chi connectivity index (χ3v) is 4.83. The van der Waals surface area contributed by atoms with Crippen LogP contribution in [-0.2, 0) is 17.1 Å². The predicted octanol–water partition coefficient (Wildman–Crippen LogP) is 1.72. The van der Waals surface area contributed by atoms with Crippen molar-refractivity contribution < 1.29 is 17.2 Å². The van der Waals surface area contributed by atoms with Gasteiger partial charge in [0, 0.05) is 7.05 Å². The zero-order valence-electron chi connectivity index (χ0n) is 11.4. The monoisotopic (exact) mass is 304 g/mol. The van der Waals surface area contributed by atoms with E-state index in [-0.39, 0.29) is 16.3 Å². The first kappa shape index (κ1) is 14.6. The fraction of sp³-hybridized carbons (Fsp3) is 0.455. The molecule has 20 heavy (non-hydrogen) atoms. The van der Waals surface area contributed by atoms with E-state index in [2.05, 4.69) is 10.2 Å². The first-order valence-electron chi connectivity index (χ1n) is 5.76. The molecule has 9 heteroatoms. The Morgan fingerprint density at radius 3 is 2.25 bits per heavy atom. The molecule has 2 aromatic rings. The molecule has 6 nitrogen and oxygen atoms in total. The molecule has 0 aliphatic heterocycles. The van der Waals surface area contributed by atoms with Gasteiger partial charge in [-0.25, -0.2) is 8.78 Å². The van der Waals surface area contributed by atoms with Crippen LogP contribution >= 0.6 is 0 Å². The number of alkyl halides is 2. The molecule has 0 aliphatic carbocycles. The molecule has 0 N–H and O–H groups in total. The Morgan fingerprint density at radius 1 is 1.20 bits per heavy atom. The van der Waals surface area contributed by atoms with Crippen molar-refractivity contribution in [3.05, 3.63) is 28.8 Å². The van der Waals surface area contributed by atoms with Gasteiger partial charge < -0.3 is 0 Å². The summed E-state index contributed by atoms with van der Waals surface area (Å²) in [6.07, 6.45) is -2.93. The number of rotatable bonds is 3. The summed E-state index contributed by atoms with van der Waals surface area (Å²) in [6.45, 7) is 4.53. The van der Waals surface area contributed by atoms with E-state index in [9.17, 15) is 17.2 Å². The van der Waals surface area contributed by atoms with Gasteiger partial charge in [-0.15, -0.1) is 0 Å². The van der Waals surface area contributed by atoms with E-state index in [1.54, 1.807) is 14.0 Å². The first-order chi connectivity index (χ1) is 9.16. The quantitative estimate of drug-likeness (QED) is 0.865. The van der Waals surface area contributed by atoms with Crippen LogP contribution in [0.3, 0.4) is 0 Å². The summed E-state index contributed by atoms with van der Waals surface area (Å²) >= 11 is 0. The summed E-state index contributed by atoms with van der Waals surface area (Å²) in [5.41, 5.74) is 0.183. The lowest BCUT2D eigenvalue weighted by molar-refractivity contribution is 0.144. The minimum Gasteiger partial charge on any atom is -0.271 e. The first-order valence-corrected chi connectivity index (χ1v) is 7.20. The van der Waals surface area contributed by atoms with Crippen molar-refractivity contribution in [2.45, 2.75) is 32.1 Å². The summed E-state index contributed by atoms with van der Waals surface area (Å²) in [6, 6.07) is 1.06. The van der Waals surface area contributed by atoms with Crippen LogP contribution in [0.2, 0.25) is 0 Å². The summed E-state index contributed by atoms with van der Waals surface area (Å²) in [5, 5.41) is 7.68. The molecule has 0 fully saturated rings. The Bertz CT molecular complexity index is 762. The second-order valence-corrected chi connectivity index (χ2v) is 6.19. The van der Waals surface area contributed by atoms with Gasteiger partial charge in [-0.2, -0.15) is 22.7 Å². The number of aryl methyl sites for hydroxylation is 3. The molecule has 0 aliphatic rings. The van der Waals surface area contributed by atoms with E-state index in [4.69, 9.17) is 0 Å². The number of hydrogen-bond acceptors (Lipinski definition) is 4. The Labute approximate surface area is 115 Å². The Hall–Kier alpha value is -1.77. The highest BCUT2D eigenvalue weighted by molar-refractivity contribution is 7.90. The maximum absolute atomic E-state index is 12.9. The molecular formula is C11H14F2N4O2S. The third kappa shape index (κ3) is 2.11. The van der Waals surface area contributed by atoms with Crippen molar-refractivity contribution >= 4 is 10.0 Å². The third-order valence-electron chi connectivity index (χ3n) is 2.98. The molecular weight excluding hydrogens is 290 g/mol. The second-order valence-electron chi connectivity index (χ2n) is 4.48. The largest absolute Gasteiger partial charge is 0.287 e. The molecule has 0 spiro atoms. The van der Waals surface area contributed by atoms with E-state index >= 15 is 0 Å². The minimum absolute atomic E-state index is 0.0926. The lowest BCUT2D eigenvalue weighted by Gasteiger charge is -2.08. The molecule has 2 aromatic heterocycles. The fourth-order valence-electron chi connectivity index (χ4n) is 2.05. The maximum Gasteiger partial charge on any atom is 0.287 e. The molecule has 0 aromatic carbocycles. The van der Waals surface area contributed by atoms with E-state index in [0.29, 0.717) is 9.78 Å². The predicted molar refractivity (Wildman–Crippen MR) is 67.2 cm³/mol. The Kier molecular flexibility index (Phi) is 3.41. The van der Waals surface area contributed by atoms with E-state index in [1.165, 1.54) is 18.5 Å². The van der Waals surface area contributed by atoms with Gasteiger partial charge in [-0.05, 0) is 26.8 Å². The van der Waals surface area contributed by atoms with Gasteiger partial charge in [0.25, 0.3) is 16.4 Å². The Morgan fingerprint density at radius 2 is 1.80 bits per heavy atom. The van der Waals surface area contributed by atoms with Crippen molar-refractivity contribution in [2.24, 2.45) is 7.05 Å². The van der Waals surface area contributed by atoms with Gasteiger partial charge in [0.2, 0.25) is 0 Å². The summed E-state index contributed by atoms with van der Waals surface area (Å²) in [4.78, 5) is -0.0926. The highest BCUT2D eigenvalue weighted by atomic mass is 32.2. The topological polar surface area (TPSA) is 69.8 Å². The lowest BCUT2D eigenvalue weighted by atomic mass is 10.4. The molecule has 0 radical (unpaired) electrons. The van der Waals surface area contributed by atoms with Crippen molar-refractivity contribution in [1.29, 1.82) is 0 Å². The van der Waals surface area contributed by atoms with Crippen LogP contribution in [0.1, 0.15) is 29.2 Å². The van der Waals surface area contributed by atoms with Crippen LogP contribution in [0.5, 0.6) is 0 Å². The molecule has 0 bridgehead atoms. The lowest BCUT2D eigenvalue weighted by Crippen LogP contribution is -2.19. The average Bonchev–Trinajstić information content (AvgIpc) is 2.81.